The lowest BCUT2D eigenvalue weighted by Gasteiger charge is -2.08. The Labute approximate surface area is 107 Å². The van der Waals surface area contributed by atoms with E-state index in [4.69, 9.17) is 5.73 Å². The summed E-state index contributed by atoms with van der Waals surface area (Å²) in [5.74, 6) is -0.394. The Hall–Kier alpha value is -1.33. The first-order valence-corrected chi connectivity index (χ1v) is 6.00. The lowest BCUT2D eigenvalue weighted by molar-refractivity contribution is -0.142. The van der Waals surface area contributed by atoms with Gasteiger partial charge in [-0.2, -0.15) is 0 Å². The Morgan fingerprint density at radius 3 is 3.06 bits per heavy atom. The number of hydrogen-bond donors (Lipinski definition) is 2. The highest BCUT2D eigenvalue weighted by Crippen LogP contribution is 2.23. The van der Waals surface area contributed by atoms with Crippen LogP contribution in [0.5, 0.6) is 0 Å². The van der Waals surface area contributed by atoms with E-state index in [0.29, 0.717) is 6.42 Å². The molecular formula is C12H13BrN2O2. The molecule has 4 nitrogen and oxygen atoms in total. The summed E-state index contributed by atoms with van der Waals surface area (Å²) in [6, 6.07) is 5.32. The van der Waals surface area contributed by atoms with Crippen LogP contribution < -0.4 is 5.73 Å². The topological polar surface area (TPSA) is 68.1 Å². The quantitative estimate of drug-likeness (QED) is 0.851. The van der Waals surface area contributed by atoms with Gasteiger partial charge in [0.05, 0.1) is 7.11 Å². The molecule has 0 spiro atoms. The molecule has 1 atom stereocenters. The normalized spacial score (nSPS) is 12.6. The van der Waals surface area contributed by atoms with Gasteiger partial charge in [-0.15, -0.1) is 0 Å². The fraction of sp³-hybridized carbons (Fsp3) is 0.250. The van der Waals surface area contributed by atoms with E-state index >= 15 is 0 Å². The van der Waals surface area contributed by atoms with Crippen molar-refractivity contribution in [2.24, 2.45) is 5.73 Å². The van der Waals surface area contributed by atoms with Crippen LogP contribution >= 0.6 is 15.9 Å². The maximum atomic E-state index is 11.3. The van der Waals surface area contributed by atoms with E-state index in [1.807, 2.05) is 24.4 Å². The molecule has 17 heavy (non-hydrogen) atoms. The second kappa shape index (κ2) is 4.89. The highest BCUT2D eigenvalue weighted by atomic mass is 79.9. The van der Waals surface area contributed by atoms with Crippen molar-refractivity contribution in [1.29, 1.82) is 0 Å². The fourth-order valence-corrected chi connectivity index (χ4v) is 2.15. The molecule has 0 saturated heterocycles. The first kappa shape index (κ1) is 12.1. The van der Waals surface area contributed by atoms with E-state index in [1.165, 1.54) is 7.11 Å². The number of nitrogens with two attached hydrogens (primary N) is 1. The van der Waals surface area contributed by atoms with Crippen LogP contribution in [0, 0.1) is 0 Å². The van der Waals surface area contributed by atoms with Crippen LogP contribution in [-0.4, -0.2) is 24.1 Å². The smallest absolute Gasteiger partial charge is 0.322 e. The summed E-state index contributed by atoms with van der Waals surface area (Å²) in [5.41, 5.74) is 7.79. The number of fused-ring (bicyclic) bond motifs is 1. The monoisotopic (exact) mass is 296 g/mol. The van der Waals surface area contributed by atoms with Crippen molar-refractivity contribution in [3.8, 4) is 0 Å². The predicted octanol–water partition coefficient (Wildman–Crippen LogP) is 1.97. The third-order valence-corrected chi connectivity index (χ3v) is 3.17. The average Bonchev–Trinajstić information content (AvgIpc) is 2.71. The second-order valence-electron chi connectivity index (χ2n) is 3.84. The number of carbonyl (C=O) groups excluding carboxylic acids is 1. The van der Waals surface area contributed by atoms with Crippen LogP contribution in [0.2, 0.25) is 0 Å². The van der Waals surface area contributed by atoms with E-state index in [-0.39, 0.29) is 0 Å². The molecule has 0 radical (unpaired) electrons. The molecule has 0 aliphatic heterocycles. The largest absolute Gasteiger partial charge is 0.468 e. The number of methoxy groups -OCH3 is 1. The van der Waals surface area contributed by atoms with Gasteiger partial charge in [-0.1, -0.05) is 15.9 Å². The van der Waals surface area contributed by atoms with Crippen LogP contribution in [0.15, 0.2) is 28.9 Å². The molecular weight excluding hydrogens is 284 g/mol. The second-order valence-corrected chi connectivity index (χ2v) is 4.75. The van der Waals surface area contributed by atoms with Gasteiger partial charge in [0.25, 0.3) is 0 Å². The van der Waals surface area contributed by atoms with Crippen molar-refractivity contribution in [2.45, 2.75) is 12.5 Å². The highest BCUT2D eigenvalue weighted by molar-refractivity contribution is 9.10. The summed E-state index contributed by atoms with van der Waals surface area (Å²) in [5, 5.41) is 1.07. The summed E-state index contributed by atoms with van der Waals surface area (Å²) in [6.07, 6.45) is 2.34. The van der Waals surface area contributed by atoms with Crippen LogP contribution in [0.3, 0.4) is 0 Å². The van der Waals surface area contributed by atoms with Crippen LogP contribution in [0.25, 0.3) is 10.9 Å². The van der Waals surface area contributed by atoms with E-state index < -0.39 is 12.0 Å². The van der Waals surface area contributed by atoms with Gasteiger partial charge in [-0.3, -0.25) is 4.79 Å². The van der Waals surface area contributed by atoms with Gasteiger partial charge in [-0.25, -0.2) is 0 Å². The summed E-state index contributed by atoms with van der Waals surface area (Å²) in [7, 11) is 1.34. The molecule has 0 bridgehead atoms. The van der Waals surface area contributed by atoms with Gasteiger partial charge in [0, 0.05) is 28.0 Å². The Balaban J connectivity index is 2.30. The first-order valence-electron chi connectivity index (χ1n) is 5.20. The number of hydrogen-bond acceptors (Lipinski definition) is 3. The minimum absolute atomic E-state index is 0.394. The van der Waals surface area contributed by atoms with Gasteiger partial charge in [-0.05, 0) is 23.8 Å². The van der Waals surface area contributed by atoms with Crippen molar-refractivity contribution in [3.63, 3.8) is 0 Å². The van der Waals surface area contributed by atoms with E-state index in [0.717, 1.165) is 20.9 Å². The molecule has 90 valence electrons. The van der Waals surface area contributed by atoms with E-state index in [2.05, 4.69) is 25.7 Å². The number of aromatic amines is 1. The number of benzene rings is 1. The molecule has 5 heteroatoms. The zero-order valence-electron chi connectivity index (χ0n) is 9.37. The number of halogens is 1. The van der Waals surface area contributed by atoms with E-state index in [9.17, 15) is 4.79 Å². The number of aromatic nitrogens is 1. The molecule has 0 fully saturated rings. The average molecular weight is 297 g/mol. The molecule has 1 heterocycles. The van der Waals surface area contributed by atoms with Crippen molar-refractivity contribution in [3.05, 3.63) is 34.4 Å². The minimum atomic E-state index is -0.627. The third-order valence-electron chi connectivity index (χ3n) is 2.67. The number of esters is 1. The molecule has 0 amide bonds. The number of nitrogens with one attached hydrogen (secondary N) is 1. The number of ether oxygens (including phenoxy) is 1. The van der Waals surface area contributed by atoms with Crippen LogP contribution in [-0.2, 0) is 16.0 Å². The molecule has 3 N–H and O–H groups in total. The van der Waals surface area contributed by atoms with Gasteiger partial charge >= 0.3 is 5.97 Å². The Bertz CT molecular complexity index is 550. The maximum absolute atomic E-state index is 11.3. The first-order chi connectivity index (χ1) is 8.11. The molecule has 2 aromatic rings. The molecule has 0 aliphatic carbocycles. The zero-order chi connectivity index (χ0) is 12.4. The zero-order valence-corrected chi connectivity index (χ0v) is 11.0. The summed E-state index contributed by atoms with van der Waals surface area (Å²) >= 11 is 3.42. The van der Waals surface area contributed by atoms with Crippen molar-refractivity contribution in [2.75, 3.05) is 7.11 Å². The van der Waals surface area contributed by atoms with Gasteiger partial charge in [0.2, 0.25) is 0 Å². The molecule has 0 unspecified atom stereocenters. The standard InChI is InChI=1S/C12H13BrN2O2/c1-17-12(16)10(14)4-7-6-15-11-3-2-8(13)5-9(7)11/h2-3,5-6,10,15H,4,14H2,1H3/t10-/m1/s1. The van der Waals surface area contributed by atoms with Gasteiger partial charge in [0.1, 0.15) is 6.04 Å². The van der Waals surface area contributed by atoms with E-state index in [1.54, 1.807) is 0 Å². The van der Waals surface area contributed by atoms with Crippen LogP contribution in [0.4, 0.5) is 0 Å². The van der Waals surface area contributed by atoms with Gasteiger partial charge < -0.3 is 15.5 Å². The number of carbonyl (C=O) groups is 1. The minimum Gasteiger partial charge on any atom is -0.468 e. The third kappa shape index (κ3) is 2.50. The molecule has 0 saturated carbocycles. The molecule has 2 rings (SSSR count). The van der Waals surface area contributed by atoms with Crippen LogP contribution in [0.1, 0.15) is 5.56 Å². The summed E-state index contributed by atoms with van der Waals surface area (Å²) in [4.78, 5) is 14.4. The number of H-pyrrole nitrogens is 1. The molecule has 1 aromatic carbocycles. The SMILES string of the molecule is COC(=O)[C@H](N)Cc1c[nH]c2ccc(Br)cc12. The lowest BCUT2D eigenvalue weighted by Crippen LogP contribution is -2.33. The molecule has 0 aliphatic rings. The fourth-order valence-electron chi connectivity index (χ4n) is 1.79. The summed E-state index contributed by atoms with van der Waals surface area (Å²) in [6.45, 7) is 0. The van der Waals surface area contributed by atoms with Gasteiger partial charge in [0.15, 0.2) is 0 Å². The lowest BCUT2D eigenvalue weighted by atomic mass is 10.1. The Morgan fingerprint density at radius 1 is 1.59 bits per heavy atom. The summed E-state index contributed by atoms with van der Waals surface area (Å²) < 4.78 is 5.61. The predicted molar refractivity (Wildman–Crippen MR) is 69.7 cm³/mol. The Kier molecular flexibility index (Phi) is 3.49. The highest BCUT2D eigenvalue weighted by Gasteiger charge is 2.16. The van der Waals surface area contributed by atoms with Crippen molar-refractivity contribution in [1.82, 2.24) is 4.98 Å². The van der Waals surface area contributed by atoms with Crippen molar-refractivity contribution >= 4 is 32.8 Å². The Morgan fingerprint density at radius 2 is 2.35 bits per heavy atom. The molecule has 1 aromatic heterocycles. The maximum Gasteiger partial charge on any atom is 0.322 e. The number of rotatable bonds is 3. The van der Waals surface area contributed by atoms with Crippen molar-refractivity contribution < 1.29 is 9.53 Å².